The van der Waals surface area contributed by atoms with Crippen LogP contribution in [0.4, 0.5) is 0 Å². The summed E-state index contributed by atoms with van der Waals surface area (Å²) in [5, 5.41) is 0. The van der Waals surface area contributed by atoms with Gasteiger partial charge in [0.25, 0.3) is 0 Å². The minimum Gasteiger partial charge on any atom is -0.496 e. The van der Waals surface area contributed by atoms with Crippen LogP contribution in [0.3, 0.4) is 0 Å². The van der Waals surface area contributed by atoms with Crippen LogP contribution in [0.25, 0.3) is 0 Å². The molecule has 4 nitrogen and oxygen atoms in total. The Kier molecular flexibility index (Phi) is 3.35. The molecule has 0 saturated carbocycles. The zero-order chi connectivity index (χ0) is 17.0. The molecule has 0 aromatic heterocycles. The van der Waals surface area contributed by atoms with Gasteiger partial charge in [-0.15, -0.1) is 0 Å². The minimum atomic E-state index is 0.374. The summed E-state index contributed by atoms with van der Waals surface area (Å²) in [4.78, 5) is 14.1. The first kappa shape index (κ1) is 15.0. The third-order valence-corrected chi connectivity index (χ3v) is 5.95. The van der Waals surface area contributed by atoms with Crippen LogP contribution in [0.1, 0.15) is 44.2 Å². The van der Waals surface area contributed by atoms with Gasteiger partial charge in [0.15, 0.2) is 6.29 Å². The fourth-order valence-corrected chi connectivity index (χ4v) is 4.65. The highest BCUT2D eigenvalue weighted by Gasteiger charge is 2.34. The average molecular weight is 335 g/mol. The molecule has 0 amide bonds. The summed E-state index contributed by atoms with van der Waals surface area (Å²) in [5.74, 6) is 1.74. The van der Waals surface area contributed by atoms with Crippen LogP contribution in [-0.2, 0) is 25.8 Å². The standard InChI is InChI=1S/C21H21NO3/c1-24-20-3-2-13-9-19-16-10-21-15(5-7-25-21)8-14(16)4-6-22(19)11-17(13)18(20)12-23/h2-3,8,10,12,19H,4-7,9,11H2,1H3. The number of hydrogen-bond donors (Lipinski definition) is 0. The number of fused-ring (bicyclic) bond motifs is 5. The van der Waals surface area contributed by atoms with Crippen molar-refractivity contribution in [3.05, 3.63) is 57.6 Å². The third kappa shape index (κ3) is 2.20. The van der Waals surface area contributed by atoms with Crippen LogP contribution in [0.2, 0.25) is 0 Å². The quantitative estimate of drug-likeness (QED) is 0.791. The predicted octanol–water partition coefficient (Wildman–Crippen LogP) is 3.10. The lowest BCUT2D eigenvalue weighted by molar-refractivity contribution is 0.111. The minimum absolute atomic E-state index is 0.374. The lowest BCUT2D eigenvalue weighted by Gasteiger charge is -2.42. The second-order valence-corrected chi connectivity index (χ2v) is 7.13. The Morgan fingerprint density at radius 3 is 2.96 bits per heavy atom. The molecule has 1 unspecified atom stereocenters. The molecule has 0 bridgehead atoms. The van der Waals surface area contributed by atoms with E-state index in [1.165, 1.54) is 22.3 Å². The van der Waals surface area contributed by atoms with Gasteiger partial charge in [0.05, 0.1) is 19.3 Å². The molecule has 2 aromatic carbocycles. The number of nitrogens with zero attached hydrogens (tertiary/aromatic N) is 1. The van der Waals surface area contributed by atoms with Gasteiger partial charge in [0.1, 0.15) is 11.5 Å². The highest BCUT2D eigenvalue weighted by atomic mass is 16.5. The molecule has 3 aliphatic heterocycles. The van der Waals surface area contributed by atoms with Gasteiger partial charge in [-0.1, -0.05) is 12.1 Å². The van der Waals surface area contributed by atoms with Gasteiger partial charge in [-0.2, -0.15) is 0 Å². The van der Waals surface area contributed by atoms with Crippen molar-refractivity contribution in [2.24, 2.45) is 0 Å². The Hall–Kier alpha value is -2.33. The van der Waals surface area contributed by atoms with E-state index in [9.17, 15) is 4.79 Å². The monoisotopic (exact) mass is 335 g/mol. The Labute approximate surface area is 147 Å². The molecule has 2 aromatic rings. The van der Waals surface area contributed by atoms with Crippen molar-refractivity contribution in [3.8, 4) is 11.5 Å². The van der Waals surface area contributed by atoms with Crippen molar-refractivity contribution in [1.29, 1.82) is 0 Å². The Morgan fingerprint density at radius 1 is 1.20 bits per heavy atom. The van der Waals surface area contributed by atoms with Crippen LogP contribution < -0.4 is 9.47 Å². The molecule has 0 spiro atoms. The zero-order valence-electron chi connectivity index (χ0n) is 14.4. The molecule has 0 radical (unpaired) electrons. The summed E-state index contributed by atoms with van der Waals surface area (Å²) in [6, 6.07) is 9.04. The van der Waals surface area contributed by atoms with Crippen LogP contribution >= 0.6 is 0 Å². The molecule has 1 atom stereocenters. The van der Waals surface area contributed by atoms with Crippen molar-refractivity contribution in [2.45, 2.75) is 31.8 Å². The molecule has 3 aliphatic rings. The maximum atomic E-state index is 11.6. The number of methoxy groups -OCH3 is 1. The summed E-state index contributed by atoms with van der Waals surface area (Å²) >= 11 is 0. The Balaban J connectivity index is 1.58. The number of carbonyl (C=O) groups is 1. The van der Waals surface area contributed by atoms with Gasteiger partial charge < -0.3 is 9.47 Å². The van der Waals surface area contributed by atoms with Crippen LogP contribution in [0.5, 0.6) is 11.5 Å². The lowest BCUT2D eigenvalue weighted by atomic mass is 9.82. The maximum Gasteiger partial charge on any atom is 0.154 e. The van der Waals surface area contributed by atoms with E-state index in [4.69, 9.17) is 9.47 Å². The van der Waals surface area contributed by atoms with E-state index in [-0.39, 0.29) is 0 Å². The summed E-state index contributed by atoms with van der Waals surface area (Å²) in [5.41, 5.74) is 7.34. The van der Waals surface area contributed by atoms with Gasteiger partial charge in [0, 0.05) is 25.6 Å². The van der Waals surface area contributed by atoms with Gasteiger partial charge in [-0.05, 0) is 52.8 Å². The average Bonchev–Trinajstić information content (AvgIpc) is 3.11. The third-order valence-electron chi connectivity index (χ3n) is 5.95. The zero-order valence-corrected chi connectivity index (χ0v) is 14.4. The van der Waals surface area contributed by atoms with Crippen molar-refractivity contribution in [1.82, 2.24) is 4.90 Å². The van der Waals surface area contributed by atoms with Crippen molar-refractivity contribution in [2.75, 3.05) is 20.3 Å². The van der Waals surface area contributed by atoms with E-state index in [2.05, 4.69) is 23.1 Å². The molecular weight excluding hydrogens is 314 g/mol. The second kappa shape index (κ2) is 5.60. The SMILES string of the molecule is COc1ccc2c(c1C=O)CN1CCc3cc4c(cc3C1C2)OCC4. The summed E-state index contributed by atoms with van der Waals surface area (Å²) < 4.78 is 11.2. The highest BCUT2D eigenvalue weighted by Crippen LogP contribution is 2.43. The molecule has 0 aliphatic carbocycles. The molecule has 0 saturated heterocycles. The van der Waals surface area contributed by atoms with Crippen molar-refractivity contribution in [3.63, 3.8) is 0 Å². The van der Waals surface area contributed by atoms with E-state index in [0.717, 1.165) is 56.6 Å². The van der Waals surface area contributed by atoms with Gasteiger partial charge >= 0.3 is 0 Å². The number of aldehydes is 1. The lowest BCUT2D eigenvalue weighted by Crippen LogP contribution is -2.39. The van der Waals surface area contributed by atoms with Gasteiger partial charge in [-0.25, -0.2) is 0 Å². The van der Waals surface area contributed by atoms with E-state index >= 15 is 0 Å². The van der Waals surface area contributed by atoms with Gasteiger partial charge in [-0.3, -0.25) is 9.69 Å². The number of benzene rings is 2. The summed E-state index contributed by atoms with van der Waals surface area (Å²) in [6.07, 6.45) is 3.97. The topological polar surface area (TPSA) is 38.8 Å². The van der Waals surface area contributed by atoms with E-state index in [0.29, 0.717) is 17.4 Å². The smallest absolute Gasteiger partial charge is 0.154 e. The van der Waals surface area contributed by atoms with E-state index < -0.39 is 0 Å². The maximum absolute atomic E-state index is 11.6. The first-order valence-electron chi connectivity index (χ1n) is 8.95. The Bertz CT molecular complexity index is 874. The number of rotatable bonds is 2. The number of ether oxygens (including phenoxy) is 2. The first-order chi connectivity index (χ1) is 12.3. The molecule has 0 N–H and O–H groups in total. The molecule has 5 rings (SSSR count). The van der Waals surface area contributed by atoms with Crippen LogP contribution in [0.15, 0.2) is 24.3 Å². The largest absolute Gasteiger partial charge is 0.496 e. The fourth-order valence-electron chi connectivity index (χ4n) is 4.65. The van der Waals surface area contributed by atoms with Crippen molar-refractivity contribution >= 4 is 6.29 Å². The molecule has 3 heterocycles. The first-order valence-corrected chi connectivity index (χ1v) is 8.95. The van der Waals surface area contributed by atoms with Crippen LogP contribution in [0, 0.1) is 0 Å². The predicted molar refractivity (Wildman–Crippen MR) is 94.6 cm³/mol. The van der Waals surface area contributed by atoms with Crippen LogP contribution in [-0.4, -0.2) is 31.4 Å². The summed E-state index contributed by atoms with van der Waals surface area (Å²) in [7, 11) is 1.62. The molecular formula is C21H21NO3. The molecule has 128 valence electrons. The Morgan fingerprint density at radius 2 is 2.12 bits per heavy atom. The van der Waals surface area contributed by atoms with E-state index in [1.807, 2.05) is 6.07 Å². The number of hydrogen-bond acceptors (Lipinski definition) is 4. The molecule has 4 heteroatoms. The second-order valence-electron chi connectivity index (χ2n) is 7.13. The van der Waals surface area contributed by atoms with Gasteiger partial charge in [0.2, 0.25) is 0 Å². The molecule has 0 fully saturated rings. The highest BCUT2D eigenvalue weighted by molar-refractivity contribution is 5.82. The number of carbonyl (C=O) groups excluding carboxylic acids is 1. The fraction of sp³-hybridized carbons (Fsp3) is 0.381. The summed E-state index contributed by atoms with van der Waals surface area (Å²) in [6.45, 7) is 2.65. The van der Waals surface area contributed by atoms with E-state index in [1.54, 1.807) is 7.11 Å². The normalized spacial score (nSPS) is 20.8. The molecule has 25 heavy (non-hydrogen) atoms. The van der Waals surface area contributed by atoms with Crippen molar-refractivity contribution < 1.29 is 14.3 Å².